The lowest BCUT2D eigenvalue weighted by Crippen LogP contribution is -2.42. The maximum atomic E-state index is 12.7. The molecule has 1 atom stereocenters. The average molecular weight is 349 g/mol. The van der Waals surface area contributed by atoms with Gasteiger partial charge in [-0.25, -0.2) is 0 Å². The van der Waals surface area contributed by atoms with Crippen molar-refractivity contribution in [2.24, 2.45) is 7.05 Å². The number of aryl methyl sites for hydroxylation is 2. The standard InChI is InChI=1S/C20H23N5O/c1-15-13-18(23(2)22-15)21-19(26)14-25-12-11-24-10-6-9-17(24)20(25)16-7-4-3-5-8-16/h3-10,13,20H,11-12,14H2,1-2H3,(H,21,26)/t20-/m1/s1. The third-order valence-corrected chi connectivity index (χ3v) is 4.87. The highest BCUT2D eigenvalue weighted by atomic mass is 16.2. The zero-order valence-electron chi connectivity index (χ0n) is 15.1. The monoisotopic (exact) mass is 349 g/mol. The van der Waals surface area contributed by atoms with E-state index in [0.717, 1.165) is 24.6 Å². The summed E-state index contributed by atoms with van der Waals surface area (Å²) in [5, 5.41) is 7.26. The molecule has 1 aromatic carbocycles. The fourth-order valence-corrected chi connectivity index (χ4v) is 3.71. The third kappa shape index (κ3) is 3.15. The van der Waals surface area contributed by atoms with Gasteiger partial charge < -0.3 is 9.88 Å². The van der Waals surface area contributed by atoms with Gasteiger partial charge in [-0.2, -0.15) is 5.10 Å². The van der Waals surface area contributed by atoms with Crippen molar-refractivity contribution in [3.8, 4) is 0 Å². The zero-order chi connectivity index (χ0) is 18.1. The van der Waals surface area contributed by atoms with Crippen LogP contribution in [0.15, 0.2) is 54.7 Å². The van der Waals surface area contributed by atoms with Crippen molar-refractivity contribution in [3.63, 3.8) is 0 Å². The highest BCUT2D eigenvalue weighted by molar-refractivity contribution is 5.91. The molecule has 26 heavy (non-hydrogen) atoms. The van der Waals surface area contributed by atoms with E-state index < -0.39 is 0 Å². The van der Waals surface area contributed by atoms with Crippen LogP contribution in [0, 0.1) is 6.92 Å². The molecule has 0 saturated heterocycles. The van der Waals surface area contributed by atoms with Gasteiger partial charge in [0.2, 0.25) is 5.91 Å². The molecule has 1 amide bonds. The molecular weight excluding hydrogens is 326 g/mol. The number of fused-ring (bicyclic) bond motifs is 1. The van der Waals surface area contributed by atoms with Crippen LogP contribution in [0.25, 0.3) is 0 Å². The van der Waals surface area contributed by atoms with Gasteiger partial charge in [-0.15, -0.1) is 0 Å². The maximum Gasteiger partial charge on any atom is 0.239 e. The number of amides is 1. The van der Waals surface area contributed by atoms with Crippen molar-refractivity contribution >= 4 is 11.7 Å². The van der Waals surface area contributed by atoms with Gasteiger partial charge in [0.25, 0.3) is 0 Å². The number of benzene rings is 1. The van der Waals surface area contributed by atoms with Gasteiger partial charge in [0.1, 0.15) is 5.82 Å². The number of anilines is 1. The molecule has 0 unspecified atom stereocenters. The van der Waals surface area contributed by atoms with E-state index in [1.54, 1.807) is 4.68 Å². The van der Waals surface area contributed by atoms with E-state index in [0.29, 0.717) is 6.54 Å². The summed E-state index contributed by atoms with van der Waals surface area (Å²) in [6.45, 7) is 3.98. The SMILES string of the molecule is Cc1cc(NC(=O)CN2CCn3cccc3[C@H]2c2ccccc2)n(C)n1. The predicted molar refractivity (Wildman–Crippen MR) is 101 cm³/mol. The Balaban J connectivity index is 1.56. The van der Waals surface area contributed by atoms with Gasteiger partial charge in [-0.3, -0.25) is 14.4 Å². The smallest absolute Gasteiger partial charge is 0.239 e. The first-order valence-corrected chi connectivity index (χ1v) is 8.86. The van der Waals surface area contributed by atoms with E-state index in [1.807, 2.05) is 38.2 Å². The van der Waals surface area contributed by atoms with Crippen molar-refractivity contribution in [1.29, 1.82) is 0 Å². The van der Waals surface area contributed by atoms with Gasteiger partial charge in [0, 0.05) is 38.1 Å². The van der Waals surface area contributed by atoms with Crippen LogP contribution in [0.3, 0.4) is 0 Å². The fourth-order valence-electron chi connectivity index (χ4n) is 3.71. The molecule has 0 spiro atoms. The van der Waals surface area contributed by atoms with Crippen LogP contribution < -0.4 is 5.32 Å². The Hall–Kier alpha value is -2.86. The Kier molecular flexibility index (Phi) is 4.34. The second-order valence-corrected chi connectivity index (χ2v) is 6.75. The lowest BCUT2D eigenvalue weighted by atomic mass is 10.00. The van der Waals surface area contributed by atoms with Crippen LogP contribution in [0.1, 0.15) is 23.0 Å². The van der Waals surface area contributed by atoms with Crippen LogP contribution in [0.4, 0.5) is 5.82 Å². The van der Waals surface area contributed by atoms with Crippen LogP contribution >= 0.6 is 0 Å². The van der Waals surface area contributed by atoms with E-state index >= 15 is 0 Å². The lowest BCUT2D eigenvalue weighted by molar-refractivity contribution is -0.118. The van der Waals surface area contributed by atoms with Crippen LogP contribution in [0.5, 0.6) is 0 Å². The van der Waals surface area contributed by atoms with E-state index in [-0.39, 0.29) is 11.9 Å². The summed E-state index contributed by atoms with van der Waals surface area (Å²) in [6.07, 6.45) is 2.11. The second-order valence-electron chi connectivity index (χ2n) is 6.75. The lowest BCUT2D eigenvalue weighted by Gasteiger charge is -2.36. The molecule has 4 rings (SSSR count). The van der Waals surface area contributed by atoms with Crippen molar-refractivity contribution in [1.82, 2.24) is 19.2 Å². The molecule has 6 heteroatoms. The van der Waals surface area contributed by atoms with Crippen molar-refractivity contribution < 1.29 is 4.79 Å². The van der Waals surface area contributed by atoms with Gasteiger partial charge in [-0.1, -0.05) is 30.3 Å². The van der Waals surface area contributed by atoms with Gasteiger partial charge >= 0.3 is 0 Å². The molecule has 6 nitrogen and oxygen atoms in total. The van der Waals surface area contributed by atoms with Crippen molar-refractivity contribution in [2.75, 3.05) is 18.4 Å². The predicted octanol–water partition coefficient (Wildman–Crippen LogP) is 2.57. The summed E-state index contributed by atoms with van der Waals surface area (Å²) < 4.78 is 3.97. The van der Waals surface area contributed by atoms with E-state index in [4.69, 9.17) is 0 Å². The number of hydrogen-bond donors (Lipinski definition) is 1. The number of nitrogens with one attached hydrogen (secondary N) is 1. The molecule has 0 radical (unpaired) electrons. The molecule has 0 fully saturated rings. The van der Waals surface area contributed by atoms with Gasteiger partial charge in [-0.05, 0) is 24.6 Å². The molecule has 3 heterocycles. The second kappa shape index (κ2) is 6.80. The normalized spacial score (nSPS) is 17.1. The third-order valence-electron chi connectivity index (χ3n) is 4.87. The number of aromatic nitrogens is 3. The molecule has 2 aromatic heterocycles. The Labute approximate surface area is 153 Å². The first-order valence-electron chi connectivity index (χ1n) is 8.86. The van der Waals surface area contributed by atoms with Crippen LogP contribution in [-0.2, 0) is 18.4 Å². The molecule has 1 aliphatic heterocycles. The van der Waals surface area contributed by atoms with Crippen LogP contribution in [0.2, 0.25) is 0 Å². The Morgan fingerprint density at radius 3 is 2.73 bits per heavy atom. The number of rotatable bonds is 4. The number of carbonyl (C=O) groups is 1. The van der Waals surface area contributed by atoms with Crippen molar-refractivity contribution in [3.05, 3.63) is 71.7 Å². The Bertz CT molecular complexity index is 911. The van der Waals surface area contributed by atoms with E-state index in [9.17, 15) is 4.79 Å². The molecule has 1 N–H and O–H groups in total. The van der Waals surface area contributed by atoms with E-state index in [2.05, 4.69) is 50.3 Å². The number of hydrogen-bond acceptors (Lipinski definition) is 3. The van der Waals surface area contributed by atoms with Crippen LogP contribution in [-0.4, -0.2) is 38.2 Å². The molecule has 3 aromatic rings. The summed E-state index contributed by atoms with van der Waals surface area (Å²) >= 11 is 0. The Morgan fingerprint density at radius 2 is 2.00 bits per heavy atom. The average Bonchev–Trinajstić information content (AvgIpc) is 3.21. The largest absolute Gasteiger partial charge is 0.348 e. The molecule has 1 aliphatic rings. The topological polar surface area (TPSA) is 55.1 Å². The fraction of sp³-hybridized carbons (Fsp3) is 0.300. The summed E-state index contributed by atoms with van der Waals surface area (Å²) in [6, 6.07) is 16.6. The van der Waals surface area contributed by atoms with E-state index in [1.165, 1.54) is 11.3 Å². The molecule has 0 bridgehead atoms. The zero-order valence-corrected chi connectivity index (χ0v) is 15.1. The molecular formula is C20H23N5O. The summed E-state index contributed by atoms with van der Waals surface area (Å²) in [5.41, 5.74) is 3.32. The number of nitrogens with zero attached hydrogens (tertiary/aromatic N) is 4. The molecule has 0 aliphatic carbocycles. The summed E-state index contributed by atoms with van der Waals surface area (Å²) in [7, 11) is 1.84. The highest BCUT2D eigenvalue weighted by Crippen LogP contribution is 2.32. The summed E-state index contributed by atoms with van der Waals surface area (Å²) in [4.78, 5) is 14.9. The minimum absolute atomic E-state index is 0.0195. The quantitative estimate of drug-likeness (QED) is 0.788. The molecule has 0 saturated carbocycles. The Morgan fingerprint density at radius 1 is 1.19 bits per heavy atom. The molecule has 134 valence electrons. The van der Waals surface area contributed by atoms with Crippen molar-refractivity contribution in [2.45, 2.75) is 19.5 Å². The van der Waals surface area contributed by atoms with Gasteiger partial charge in [0.15, 0.2) is 0 Å². The first kappa shape index (κ1) is 16.6. The van der Waals surface area contributed by atoms with Gasteiger partial charge in [0.05, 0.1) is 18.3 Å². The minimum atomic E-state index is -0.0195. The first-order chi connectivity index (χ1) is 12.6. The number of carbonyl (C=O) groups excluding carboxylic acids is 1. The maximum absolute atomic E-state index is 12.7. The minimum Gasteiger partial charge on any atom is -0.348 e. The highest BCUT2D eigenvalue weighted by Gasteiger charge is 2.30. The summed E-state index contributed by atoms with van der Waals surface area (Å²) in [5.74, 6) is 0.707.